The fraction of sp³-hybridized carbons (Fsp3) is 0.318. The molecule has 29 heavy (non-hydrogen) atoms. The summed E-state index contributed by atoms with van der Waals surface area (Å²) in [6.07, 6.45) is 1.79. The highest BCUT2D eigenvalue weighted by molar-refractivity contribution is 7.80. The van der Waals surface area contributed by atoms with Gasteiger partial charge in [-0.1, -0.05) is 13.8 Å². The van der Waals surface area contributed by atoms with Gasteiger partial charge in [0.2, 0.25) is 0 Å². The van der Waals surface area contributed by atoms with Gasteiger partial charge in [-0.3, -0.25) is 14.9 Å². The molecule has 2 aromatic carbocycles. The largest absolute Gasteiger partial charge is 0.494 e. The van der Waals surface area contributed by atoms with Crippen molar-refractivity contribution in [2.24, 2.45) is 0 Å². The molecule has 1 atom stereocenters. The molecular weight excluding hydrogens is 386 g/mol. The molecule has 0 aliphatic rings. The smallest absolute Gasteiger partial charge is 0.257 e. The number of benzene rings is 2. The molecule has 2 rings (SSSR count). The Morgan fingerprint density at radius 3 is 2.14 bits per heavy atom. The van der Waals surface area contributed by atoms with Gasteiger partial charge in [-0.25, -0.2) is 0 Å². The molecule has 154 valence electrons. The number of carbonyl (C=O) groups excluding carboxylic acids is 2. The van der Waals surface area contributed by atoms with Crippen LogP contribution in [0.3, 0.4) is 0 Å². The van der Waals surface area contributed by atoms with Crippen LogP contribution in [0, 0.1) is 0 Å². The van der Waals surface area contributed by atoms with Gasteiger partial charge in [0.05, 0.1) is 6.61 Å². The van der Waals surface area contributed by atoms with Crippen LogP contribution in [0.25, 0.3) is 0 Å². The second kappa shape index (κ2) is 11.2. The zero-order chi connectivity index (χ0) is 21.2. The molecule has 6 nitrogen and oxygen atoms in total. The minimum Gasteiger partial charge on any atom is -0.494 e. The van der Waals surface area contributed by atoms with Crippen LogP contribution in [-0.4, -0.2) is 29.6 Å². The molecule has 0 aliphatic carbocycles. The Bertz CT molecular complexity index is 835. The van der Waals surface area contributed by atoms with Gasteiger partial charge in [0, 0.05) is 22.9 Å². The summed E-state index contributed by atoms with van der Waals surface area (Å²) in [5.74, 6) is 0.295. The van der Waals surface area contributed by atoms with Crippen LogP contribution in [0.1, 0.15) is 54.3 Å². The van der Waals surface area contributed by atoms with Crippen LogP contribution in [0.5, 0.6) is 5.75 Å². The predicted molar refractivity (Wildman–Crippen MR) is 120 cm³/mol. The van der Waals surface area contributed by atoms with Crippen LogP contribution >= 0.6 is 12.2 Å². The van der Waals surface area contributed by atoms with E-state index in [2.05, 4.69) is 16.0 Å². The third-order valence-electron chi connectivity index (χ3n) is 4.21. The number of carbonyl (C=O) groups is 2. The molecule has 0 heterocycles. The molecule has 7 heteroatoms. The summed E-state index contributed by atoms with van der Waals surface area (Å²) in [4.78, 5) is 24.4. The molecule has 0 fully saturated rings. The highest BCUT2D eigenvalue weighted by atomic mass is 32.1. The molecule has 0 radical (unpaired) electrons. The van der Waals surface area contributed by atoms with E-state index in [-0.39, 0.29) is 23.0 Å². The first-order valence-electron chi connectivity index (χ1n) is 9.69. The maximum absolute atomic E-state index is 12.3. The Labute approximate surface area is 177 Å². The SMILES string of the molecule is CCCOc1ccc(C(=O)NC(=S)Nc2ccc(C(=O)NC(C)CC)cc2)cc1. The summed E-state index contributed by atoms with van der Waals surface area (Å²) in [6.45, 7) is 6.64. The lowest BCUT2D eigenvalue weighted by Gasteiger charge is -2.12. The molecule has 1 unspecified atom stereocenters. The Kier molecular flexibility index (Phi) is 8.61. The van der Waals surface area contributed by atoms with Crippen molar-refractivity contribution in [3.63, 3.8) is 0 Å². The van der Waals surface area contributed by atoms with Crippen molar-refractivity contribution in [1.29, 1.82) is 0 Å². The van der Waals surface area contributed by atoms with Gasteiger partial charge in [0.15, 0.2) is 5.11 Å². The number of ether oxygens (including phenoxy) is 1. The predicted octanol–water partition coefficient (Wildman–Crippen LogP) is 4.13. The quantitative estimate of drug-likeness (QED) is 0.567. The molecule has 0 saturated carbocycles. The third-order valence-corrected chi connectivity index (χ3v) is 4.42. The molecule has 2 aromatic rings. The summed E-state index contributed by atoms with van der Waals surface area (Å²) in [6, 6.07) is 13.9. The first-order chi connectivity index (χ1) is 13.9. The molecule has 0 aromatic heterocycles. The third kappa shape index (κ3) is 7.19. The van der Waals surface area contributed by atoms with Crippen molar-refractivity contribution in [2.75, 3.05) is 11.9 Å². The van der Waals surface area contributed by atoms with E-state index in [1.165, 1.54) is 0 Å². The molecule has 3 N–H and O–H groups in total. The van der Waals surface area contributed by atoms with Gasteiger partial charge in [-0.15, -0.1) is 0 Å². The van der Waals surface area contributed by atoms with Crippen LogP contribution in [0.15, 0.2) is 48.5 Å². The molecule has 0 saturated heterocycles. The van der Waals surface area contributed by atoms with Gasteiger partial charge in [0.1, 0.15) is 5.75 Å². The summed E-state index contributed by atoms with van der Waals surface area (Å²) in [5.41, 5.74) is 1.73. The Hall–Kier alpha value is -2.93. The number of hydrogen-bond acceptors (Lipinski definition) is 4. The molecule has 0 aliphatic heterocycles. The van der Waals surface area contributed by atoms with E-state index in [0.717, 1.165) is 18.6 Å². The lowest BCUT2D eigenvalue weighted by molar-refractivity contribution is 0.0937. The van der Waals surface area contributed by atoms with E-state index in [1.54, 1.807) is 48.5 Å². The Morgan fingerprint density at radius 2 is 1.55 bits per heavy atom. The monoisotopic (exact) mass is 413 g/mol. The average molecular weight is 414 g/mol. The molecule has 2 amide bonds. The van der Waals surface area contributed by atoms with Crippen LogP contribution in [-0.2, 0) is 0 Å². The summed E-state index contributed by atoms with van der Waals surface area (Å²) >= 11 is 5.21. The number of amides is 2. The Morgan fingerprint density at radius 1 is 0.966 bits per heavy atom. The van der Waals surface area contributed by atoms with Crippen molar-refractivity contribution in [2.45, 2.75) is 39.7 Å². The fourth-order valence-electron chi connectivity index (χ4n) is 2.37. The summed E-state index contributed by atoms with van der Waals surface area (Å²) < 4.78 is 5.51. The maximum Gasteiger partial charge on any atom is 0.257 e. The minimum absolute atomic E-state index is 0.117. The van der Waals surface area contributed by atoms with E-state index in [1.807, 2.05) is 20.8 Å². The lowest BCUT2D eigenvalue weighted by Crippen LogP contribution is -2.34. The molecule has 0 spiro atoms. The standard InChI is InChI=1S/C22H27N3O3S/c1-4-14-28-19-12-8-17(9-13-19)21(27)25-22(29)24-18-10-6-16(7-11-18)20(26)23-15(3)5-2/h6-13,15H,4-5,14H2,1-3H3,(H,23,26)(H2,24,25,27,29). The number of nitrogens with one attached hydrogen (secondary N) is 3. The van der Waals surface area contributed by atoms with Gasteiger partial charge in [-0.2, -0.15) is 0 Å². The van der Waals surface area contributed by atoms with E-state index < -0.39 is 0 Å². The maximum atomic E-state index is 12.3. The second-order valence-corrected chi connectivity index (χ2v) is 7.05. The van der Waals surface area contributed by atoms with Gasteiger partial charge in [-0.05, 0) is 80.5 Å². The van der Waals surface area contributed by atoms with Gasteiger partial charge < -0.3 is 15.4 Å². The Balaban J connectivity index is 1.88. The van der Waals surface area contributed by atoms with E-state index in [0.29, 0.717) is 23.4 Å². The zero-order valence-electron chi connectivity index (χ0n) is 17.0. The van der Waals surface area contributed by atoms with Crippen LogP contribution in [0.4, 0.5) is 5.69 Å². The second-order valence-electron chi connectivity index (χ2n) is 6.64. The van der Waals surface area contributed by atoms with E-state index >= 15 is 0 Å². The number of hydrogen-bond donors (Lipinski definition) is 3. The number of thiocarbonyl (C=S) groups is 1. The lowest BCUT2D eigenvalue weighted by atomic mass is 10.1. The first-order valence-corrected chi connectivity index (χ1v) is 10.1. The molecule has 0 bridgehead atoms. The van der Waals surface area contributed by atoms with Crippen LogP contribution < -0.4 is 20.7 Å². The number of rotatable bonds is 8. The van der Waals surface area contributed by atoms with E-state index in [4.69, 9.17) is 17.0 Å². The topological polar surface area (TPSA) is 79.5 Å². The van der Waals surface area contributed by atoms with Crippen LogP contribution in [0.2, 0.25) is 0 Å². The normalized spacial score (nSPS) is 11.3. The van der Waals surface area contributed by atoms with Gasteiger partial charge in [0.25, 0.3) is 11.8 Å². The van der Waals surface area contributed by atoms with Crippen molar-refractivity contribution in [3.8, 4) is 5.75 Å². The van der Waals surface area contributed by atoms with Gasteiger partial charge >= 0.3 is 0 Å². The van der Waals surface area contributed by atoms with Crippen molar-refractivity contribution < 1.29 is 14.3 Å². The fourth-order valence-corrected chi connectivity index (χ4v) is 2.58. The molecular formula is C22H27N3O3S. The average Bonchev–Trinajstić information content (AvgIpc) is 2.72. The first kappa shape index (κ1) is 22.4. The number of anilines is 1. The van der Waals surface area contributed by atoms with Crippen molar-refractivity contribution >= 4 is 34.8 Å². The van der Waals surface area contributed by atoms with E-state index in [9.17, 15) is 9.59 Å². The highest BCUT2D eigenvalue weighted by Gasteiger charge is 2.10. The minimum atomic E-state index is -0.311. The zero-order valence-corrected chi connectivity index (χ0v) is 17.8. The highest BCUT2D eigenvalue weighted by Crippen LogP contribution is 2.13. The summed E-state index contributed by atoms with van der Waals surface area (Å²) in [5, 5.41) is 8.68. The van der Waals surface area contributed by atoms with Crippen molar-refractivity contribution in [3.05, 3.63) is 59.7 Å². The summed E-state index contributed by atoms with van der Waals surface area (Å²) in [7, 11) is 0. The van der Waals surface area contributed by atoms with Crippen molar-refractivity contribution in [1.82, 2.24) is 10.6 Å².